The highest BCUT2D eigenvalue weighted by Crippen LogP contribution is 2.29. The molecule has 4 rings (SSSR count). The Kier molecular flexibility index (Phi) is 3.88. The highest BCUT2D eigenvalue weighted by Gasteiger charge is 2.35. The van der Waals surface area contributed by atoms with E-state index in [0.29, 0.717) is 18.1 Å². The van der Waals surface area contributed by atoms with Gasteiger partial charge in [0, 0.05) is 38.2 Å². The van der Waals surface area contributed by atoms with Gasteiger partial charge in [-0.3, -0.25) is 0 Å². The van der Waals surface area contributed by atoms with E-state index in [1.807, 2.05) is 0 Å². The van der Waals surface area contributed by atoms with Crippen LogP contribution in [0.25, 0.3) is 0 Å². The number of nitrogen functional groups attached to an aromatic ring is 1. The Morgan fingerprint density at radius 2 is 2.23 bits per heavy atom. The summed E-state index contributed by atoms with van der Waals surface area (Å²) in [5, 5.41) is 3.63. The Bertz CT molecular complexity index is 517. The number of nitrogens with zero attached hydrogens (tertiary/aromatic N) is 3. The number of rotatable bonds is 3. The van der Waals surface area contributed by atoms with Crippen molar-refractivity contribution in [3.63, 3.8) is 0 Å². The summed E-state index contributed by atoms with van der Waals surface area (Å²) < 4.78 is 5.71. The molecule has 0 bridgehead atoms. The van der Waals surface area contributed by atoms with Crippen LogP contribution in [0.1, 0.15) is 31.4 Å². The lowest BCUT2D eigenvalue weighted by Gasteiger charge is -2.24. The van der Waals surface area contributed by atoms with Crippen LogP contribution < -0.4 is 16.0 Å². The van der Waals surface area contributed by atoms with E-state index in [9.17, 15) is 0 Å². The van der Waals surface area contributed by atoms with E-state index in [1.165, 1.54) is 12.8 Å². The topological polar surface area (TPSA) is 76.3 Å². The third-order valence-corrected chi connectivity index (χ3v) is 5.17. The van der Waals surface area contributed by atoms with Crippen molar-refractivity contribution in [1.82, 2.24) is 15.3 Å². The first-order valence-corrected chi connectivity index (χ1v) is 8.51. The van der Waals surface area contributed by atoms with Crippen LogP contribution in [0.15, 0.2) is 6.07 Å². The average Bonchev–Trinajstić information content (AvgIpc) is 3.15. The lowest BCUT2D eigenvalue weighted by molar-refractivity contribution is 0.110. The molecule has 4 heterocycles. The van der Waals surface area contributed by atoms with Crippen molar-refractivity contribution in [1.29, 1.82) is 0 Å². The minimum atomic E-state index is 0.296. The molecule has 1 unspecified atom stereocenters. The highest BCUT2D eigenvalue weighted by atomic mass is 16.5. The summed E-state index contributed by atoms with van der Waals surface area (Å²) in [5.41, 5.74) is 6.95. The molecule has 0 radical (unpaired) electrons. The molecule has 3 atom stereocenters. The standard InChI is InChI=1S/C16H25N5O/c17-16-19-12(7-13-4-2-6-22-13)8-15(20-16)21-9-11-3-1-5-18-14(11)10-21/h8,11,13-14,18H,1-7,9-10H2,(H2,17,19,20)/t11-,13?,14+/m0/s1. The number of aromatic nitrogens is 2. The maximum Gasteiger partial charge on any atom is 0.222 e. The quantitative estimate of drug-likeness (QED) is 0.866. The zero-order chi connectivity index (χ0) is 14.9. The van der Waals surface area contributed by atoms with Crippen molar-refractivity contribution in [2.75, 3.05) is 36.9 Å². The molecule has 22 heavy (non-hydrogen) atoms. The molecule has 3 aliphatic rings. The fraction of sp³-hybridized carbons (Fsp3) is 0.750. The summed E-state index contributed by atoms with van der Waals surface area (Å²) >= 11 is 0. The van der Waals surface area contributed by atoms with Gasteiger partial charge in [0.2, 0.25) is 5.95 Å². The smallest absolute Gasteiger partial charge is 0.222 e. The van der Waals surface area contributed by atoms with E-state index in [1.54, 1.807) is 0 Å². The molecule has 1 aromatic rings. The van der Waals surface area contributed by atoms with Crippen molar-refractivity contribution in [2.24, 2.45) is 5.92 Å². The van der Waals surface area contributed by atoms with E-state index in [0.717, 1.165) is 62.9 Å². The molecule has 0 aliphatic carbocycles. The summed E-state index contributed by atoms with van der Waals surface area (Å²) in [6.07, 6.45) is 6.02. The Morgan fingerprint density at radius 1 is 1.27 bits per heavy atom. The number of hydrogen-bond acceptors (Lipinski definition) is 6. The molecular weight excluding hydrogens is 278 g/mol. The first-order chi connectivity index (χ1) is 10.8. The minimum absolute atomic E-state index is 0.296. The first kappa shape index (κ1) is 14.2. The van der Waals surface area contributed by atoms with Gasteiger partial charge in [-0.15, -0.1) is 0 Å². The summed E-state index contributed by atoms with van der Waals surface area (Å²) in [7, 11) is 0. The maximum atomic E-state index is 5.94. The SMILES string of the molecule is Nc1nc(CC2CCCO2)cc(N2C[C@@H]3CCCN[C@@H]3C2)n1. The van der Waals surface area contributed by atoms with E-state index < -0.39 is 0 Å². The van der Waals surface area contributed by atoms with E-state index >= 15 is 0 Å². The molecule has 6 heteroatoms. The number of nitrogens with two attached hydrogens (primary N) is 1. The Morgan fingerprint density at radius 3 is 3.05 bits per heavy atom. The second-order valence-corrected chi connectivity index (χ2v) is 6.78. The van der Waals surface area contributed by atoms with E-state index in [-0.39, 0.29) is 0 Å². The minimum Gasteiger partial charge on any atom is -0.378 e. The van der Waals surface area contributed by atoms with Gasteiger partial charge in [0.05, 0.1) is 11.8 Å². The lowest BCUT2D eigenvalue weighted by Crippen LogP contribution is -2.40. The van der Waals surface area contributed by atoms with Crippen LogP contribution in [0.2, 0.25) is 0 Å². The molecule has 3 fully saturated rings. The van der Waals surface area contributed by atoms with Gasteiger partial charge in [-0.2, -0.15) is 4.98 Å². The van der Waals surface area contributed by atoms with Crippen molar-refractivity contribution in [3.05, 3.63) is 11.8 Å². The maximum absolute atomic E-state index is 5.94. The van der Waals surface area contributed by atoms with Crippen LogP contribution >= 0.6 is 0 Å². The van der Waals surface area contributed by atoms with Crippen LogP contribution in [0.3, 0.4) is 0 Å². The third-order valence-electron chi connectivity index (χ3n) is 5.17. The van der Waals surface area contributed by atoms with Crippen molar-refractivity contribution in [3.8, 4) is 0 Å². The van der Waals surface area contributed by atoms with Crippen LogP contribution in [0, 0.1) is 5.92 Å². The van der Waals surface area contributed by atoms with Gasteiger partial charge >= 0.3 is 0 Å². The molecule has 1 aromatic heterocycles. The van der Waals surface area contributed by atoms with Gasteiger partial charge in [0.1, 0.15) is 5.82 Å². The second-order valence-electron chi connectivity index (χ2n) is 6.78. The predicted octanol–water partition coefficient (Wildman–Crippen LogP) is 0.968. The molecule has 0 spiro atoms. The van der Waals surface area contributed by atoms with Gasteiger partial charge in [0.15, 0.2) is 0 Å². The molecule has 0 saturated carbocycles. The van der Waals surface area contributed by atoms with Gasteiger partial charge in [-0.1, -0.05) is 0 Å². The summed E-state index contributed by atoms with van der Waals surface area (Å²) in [6, 6.07) is 2.71. The number of ether oxygens (including phenoxy) is 1. The summed E-state index contributed by atoms with van der Waals surface area (Å²) in [5.74, 6) is 2.11. The molecular formula is C16H25N5O. The highest BCUT2D eigenvalue weighted by molar-refractivity contribution is 5.45. The fourth-order valence-electron chi connectivity index (χ4n) is 4.04. The fourth-order valence-corrected chi connectivity index (χ4v) is 4.04. The van der Waals surface area contributed by atoms with Gasteiger partial charge in [-0.05, 0) is 38.1 Å². The zero-order valence-electron chi connectivity index (χ0n) is 13.0. The second kappa shape index (κ2) is 6.01. The first-order valence-electron chi connectivity index (χ1n) is 8.51. The van der Waals surface area contributed by atoms with Gasteiger partial charge in [0.25, 0.3) is 0 Å². The average molecular weight is 303 g/mol. The predicted molar refractivity (Wildman–Crippen MR) is 85.9 cm³/mol. The number of anilines is 2. The number of hydrogen-bond donors (Lipinski definition) is 2. The lowest BCUT2D eigenvalue weighted by atomic mass is 9.94. The monoisotopic (exact) mass is 303 g/mol. The number of fused-ring (bicyclic) bond motifs is 1. The van der Waals surface area contributed by atoms with Crippen molar-refractivity contribution >= 4 is 11.8 Å². The Hall–Kier alpha value is -1.40. The molecule has 0 amide bonds. The normalized spacial score (nSPS) is 31.5. The number of nitrogens with one attached hydrogen (secondary N) is 1. The van der Waals surface area contributed by atoms with Gasteiger partial charge in [-0.25, -0.2) is 4.98 Å². The van der Waals surface area contributed by atoms with Crippen LogP contribution in [-0.2, 0) is 11.2 Å². The molecule has 0 aromatic carbocycles. The summed E-state index contributed by atoms with van der Waals surface area (Å²) in [4.78, 5) is 11.2. The molecule has 120 valence electrons. The van der Waals surface area contributed by atoms with Crippen LogP contribution in [0.5, 0.6) is 0 Å². The molecule has 6 nitrogen and oxygen atoms in total. The molecule has 3 N–H and O–H groups in total. The third kappa shape index (κ3) is 2.90. The van der Waals surface area contributed by atoms with Crippen molar-refractivity contribution < 1.29 is 4.74 Å². The van der Waals surface area contributed by atoms with E-state index in [2.05, 4.69) is 26.3 Å². The van der Waals surface area contributed by atoms with E-state index in [4.69, 9.17) is 10.5 Å². The van der Waals surface area contributed by atoms with Gasteiger partial charge < -0.3 is 20.7 Å². The van der Waals surface area contributed by atoms with Crippen molar-refractivity contribution in [2.45, 2.75) is 44.2 Å². The Balaban J connectivity index is 1.50. The zero-order valence-corrected chi connectivity index (χ0v) is 13.0. The number of piperidine rings is 1. The van der Waals surface area contributed by atoms with Crippen LogP contribution in [0.4, 0.5) is 11.8 Å². The largest absolute Gasteiger partial charge is 0.378 e. The summed E-state index contributed by atoms with van der Waals surface area (Å²) in [6.45, 7) is 4.12. The Labute approximate surface area is 131 Å². The molecule has 3 saturated heterocycles. The molecule has 3 aliphatic heterocycles. The van der Waals surface area contributed by atoms with Crippen LogP contribution in [-0.4, -0.2) is 48.4 Å².